The number of amides is 2. The first kappa shape index (κ1) is 17.9. The SMILES string of the molecule is CCCC(=O)N1CCCC(C(=O)Nc2ccc3c(c2F)CCNC3)C1. The molecule has 3 rings (SSSR count). The van der Waals surface area contributed by atoms with Crippen molar-refractivity contribution in [1.82, 2.24) is 10.2 Å². The molecular formula is C19H26FN3O2. The van der Waals surface area contributed by atoms with Crippen molar-refractivity contribution in [3.63, 3.8) is 0 Å². The number of benzene rings is 1. The van der Waals surface area contributed by atoms with Crippen molar-refractivity contribution in [2.45, 2.75) is 45.6 Å². The lowest BCUT2D eigenvalue weighted by molar-refractivity contribution is -0.134. The molecule has 1 aromatic rings. The summed E-state index contributed by atoms with van der Waals surface area (Å²) in [6.07, 6.45) is 3.50. The molecule has 2 aliphatic rings. The van der Waals surface area contributed by atoms with Crippen molar-refractivity contribution in [1.29, 1.82) is 0 Å². The minimum Gasteiger partial charge on any atom is -0.342 e. The first-order valence-electron chi connectivity index (χ1n) is 9.19. The predicted molar refractivity (Wildman–Crippen MR) is 94.7 cm³/mol. The van der Waals surface area contributed by atoms with E-state index in [9.17, 15) is 14.0 Å². The van der Waals surface area contributed by atoms with Crippen LogP contribution in [0.3, 0.4) is 0 Å². The first-order valence-corrected chi connectivity index (χ1v) is 9.19. The van der Waals surface area contributed by atoms with Gasteiger partial charge in [0.25, 0.3) is 0 Å². The maximum Gasteiger partial charge on any atom is 0.229 e. The van der Waals surface area contributed by atoms with Crippen LogP contribution in [0.15, 0.2) is 12.1 Å². The molecule has 0 saturated carbocycles. The molecule has 25 heavy (non-hydrogen) atoms. The number of likely N-dealkylation sites (tertiary alicyclic amines) is 1. The Balaban J connectivity index is 1.67. The van der Waals surface area contributed by atoms with Gasteiger partial charge < -0.3 is 15.5 Å². The summed E-state index contributed by atoms with van der Waals surface area (Å²) in [4.78, 5) is 26.4. The highest BCUT2D eigenvalue weighted by molar-refractivity contribution is 5.93. The molecule has 2 aliphatic heterocycles. The van der Waals surface area contributed by atoms with E-state index in [0.717, 1.165) is 31.4 Å². The second-order valence-corrected chi connectivity index (χ2v) is 6.91. The van der Waals surface area contributed by atoms with E-state index in [4.69, 9.17) is 0 Å². The number of nitrogens with zero attached hydrogens (tertiary/aromatic N) is 1. The molecule has 1 saturated heterocycles. The van der Waals surface area contributed by atoms with Crippen molar-refractivity contribution >= 4 is 17.5 Å². The van der Waals surface area contributed by atoms with Crippen molar-refractivity contribution in [3.05, 3.63) is 29.1 Å². The highest BCUT2D eigenvalue weighted by Gasteiger charge is 2.29. The van der Waals surface area contributed by atoms with E-state index in [2.05, 4.69) is 10.6 Å². The lowest BCUT2D eigenvalue weighted by Gasteiger charge is -2.32. The third kappa shape index (κ3) is 4.00. The second-order valence-electron chi connectivity index (χ2n) is 6.91. The molecule has 2 N–H and O–H groups in total. The summed E-state index contributed by atoms with van der Waals surface area (Å²) >= 11 is 0. The van der Waals surface area contributed by atoms with Gasteiger partial charge in [0.2, 0.25) is 11.8 Å². The zero-order chi connectivity index (χ0) is 17.8. The minimum atomic E-state index is -0.318. The molecule has 136 valence electrons. The summed E-state index contributed by atoms with van der Waals surface area (Å²) < 4.78 is 14.7. The van der Waals surface area contributed by atoms with Gasteiger partial charge in [-0.05, 0) is 49.4 Å². The molecule has 5 nitrogen and oxygen atoms in total. The summed E-state index contributed by atoms with van der Waals surface area (Å²) in [5.41, 5.74) is 1.90. The van der Waals surface area contributed by atoms with E-state index < -0.39 is 0 Å². The Morgan fingerprint density at radius 2 is 2.24 bits per heavy atom. The maximum absolute atomic E-state index is 14.7. The van der Waals surface area contributed by atoms with Crippen LogP contribution >= 0.6 is 0 Å². The summed E-state index contributed by atoms with van der Waals surface area (Å²) in [5, 5.41) is 5.96. The van der Waals surface area contributed by atoms with Gasteiger partial charge in [-0.1, -0.05) is 13.0 Å². The lowest BCUT2D eigenvalue weighted by Crippen LogP contribution is -2.43. The van der Waals surface area contributed by atoms with Crippen LogP contribution in [-0.2, 0) is 22.6 Å². The van der Waals surface area contributed by atoms with Gasteiger partial charge in [0.15, 0.2) is 0 Å². The van der Waals surface area contributed by atoms with Crippen LogP contribution in [0.4, 0.5) is 10.1 Å². The van der Waals surface area contributed by atoms with E-state index in [1.165, 1.54) is 0 Å². The number of hydrogen-bond donors (Lipinski definition) is 2. The van der Waals surface area contributed by atoms with Crippen molar-refractivity contribution in [2.24, 2.45) is 5.92 Å². The topological polar surface area (TPSA) is 61.4 Å². The van der Waals surface area contributed by atoms with E-state index in [-0.39, 0.29) is 29.2 Å². The molecule has 1 aromatic carbocycles. The van der Waals surface area contributed by atoms with Crippen LogP contribution in [0.2, 0.25) is 0 Å². The Kier molecular flexibility index (Phi) is 5.68. The standard InChI is InChI=1S/C19H26FN3O2/c1-2-4-17(24)23-10-3-5-14(12-23)19(25)22-16-7-6-13-11-21-9-8-15(13)18(16)20/h6-7,14,21H,2-5,8-12H2,1H3,(H,22,25). The first-order chi connectivity index (χ1) is 12.1. The Hall–Kier alpha value is -1.95. The molecule has 0 spiro atoms. The second kappa shape index (κ2) is 7.95. The zero-order valence-electron chi connectivity index (χ0n) is 14.7. The zero-order valence-corrected chi connectivity index (χ0v) is 14.7. The predicted octanol–water partition coefficient (Wildman–Crippen LogP) is 2.45. The summed E-state index contributed by atoms with van der Waals surface area (Å²) in [5.74, 6) is -0.678. The van der Waals surface area contributed by atoms with Gasteiger partial charge >= 0.3 is 0 Å². The minimum absolute atomic E-state index is 0.104. The molecule has 0 aromatic heterocycles. The third-order valence-electron chi connectivity index (χ3n) is 5.07. The average molecular weight is 347 g/mol. The van der Waals surface area contributed by atoms with E-state index in [0.29, 0.717) is 38.0 Å². The number of nitrogens with one attached hydrogen (secondary N) is 2. The molecule has 1 atom stereocenters. The quantitative estimate of drug-likeness (QED) is 0.879. The average Bonchev–Trinajstić information content (AvgIpc) is 2.64. The number of fused-ring (bicyclic) bond motifs is 1. The summed E-state index contributed by atoms with van der Waals surface area (Å²) in [6.45, 7) is 4.53. The smallest absolute Gasteiger partial charge is 0.229 e. The van der Waals surface area contributed by atoms with Gasteiger partial charge in [0.05, 0.1) is 11.6 Å². The van der Waals surface area contributed by atoms with Crippen LogP contribution < -0.4 is 10.6 Å². The maximum atomic E-state index is 14.7. The monoisotopic (exact) mass is 347 g/mol. The van der Waals surface area contributed by atoms with Crippen LogP contribution in [0.1, 0.15) is 43.7 Å². The Morgan fingerprint density at radius 1 is 1.40 bits per heavy atom. The fourth-order valence-corrected chi connectivity index (χ4v) is 3.65. The van der Waals surface area contributed by atoms with Crippen molar-refractivity contribution in [2.75, 3.05) is 25.0 Å². The largest absolute Gasteiger partial charge is 0.342 e. The number of hydrogen-bond acceptors (Lipinski definition) is 3. The Bertz CT molecular complexity index is 662. The Morgan fingerprint density at radius 3 is 3.04 bits per heavy atom. The fourth-order valence-electron chi connectivity index (χ4n) is 3.65. The molecule has 0 radical (unpaired) electrons. The number of anilines is 1. The third-order valence-corrected chi connectivity index (χ3v) is 5.07. The molecule has 0 bridgehead atoms. The Labute approximate surface area is 148 Å². The van der Waals surface area contributed by atoms with E-state index in [1.807, 2.05) is 13.0 Å². The molecule has 1 fully saturated rings. The van der Waals surface area contributed by atoms with Crippen LogP contribution in [0, 0.1) is 11.7 Å². The van der Waals surface area contributed by atoms with Crippen LogP contribution in [0.5, 0.6) is 0 Å². The number of piperidine rings is 1. The molecule has 2 amide bonds. The van der Waals surface area contributed by atoms with Gasteiger partial charge in [0, 0.05) is 26.1 Å². The van der Waals surface area contributed by atoms with Crippen molar-refractivity contribution < 1.29 is 14.0 Å². The number of rotatable bonds is 4. The molecule has 2 heterocycles. The van der Waals surface area contributed by atoms with Gasteiger partial charge in [0.1, 0.15) is 5.82 Å². The van der Waals surface area contributed by atoms with Gasteiger partial charge in [-0.15, -0.1) is 0 Å². The van der Waals surface area contributed by atoms with Crippen LogP contribution in [-0.4, -0.2) is 36.3 Å². The van der Waals surface area contributed by atoms with Crippen LogP contribution in [0.25, 0.3) is 0 Å². The number of halogens is 1. The fraction of sp³-hybridized carbons (Fsp3) is 0.579. The van der Waals surface area contributed by atoms with Gasteiger partial charge in [-0.25, -0.2) is 4.39 Å². The highest BCUT2D eigenvalue weighted by Crippen LogP contribution is 2.26. The molecule has 6 heteroatoms. The summed E-state index contributed by atoms with van der Waals surface area (Å²) in [6, 6.07) is 3.51. The number of carbonyl (C=O) groups is 2. The molecule has 0 aliphatic carbocycles. The lowest BCUT2D eigenvalue weighted by atomic mass is 9.96. The normalized spacial score (nSPS) is 20.1. The van der Waals surface area contributed by atoms with Crippen molar-refractivity contribution in [3.8, 4) is 0 Å². The van der Waals surface area contributed by atoms with E-state index >= 15 is 0 Å². The van der Waals surface area contributed by atoms with E-state index in [1.54, 1.807) is 11.0 Å². The molecule has 1 unspecified atom stereocenters. The summed E-state index contributed by atoms with van der Waals surface area (Å²) in [7, 11) is 0. The number of carbonyl (C=O) groups excluding carboxylic acids is 2. The van der Waals surface area contributed by atoms with Gasteiger partial charge in [-0.3, -0.25) is 9.59 Å². The highest BCUT2D eigenvalue weighted by atomic mass is 19.1. The van der Waals surface area contributed by atoms with Gasteiger partial charge in [-0.2, -0.15) is 0 Å². The molecular weight excluding hydrogens is 321 g/mol.